The molecule has 200 valence electrons. The van der Waals surface area contributed by atoms with Gasteiger partial charge in [-0.05, 0) is 58.7 Å². The zero-order chi connectivity index (χ0) is 26.7. The summed E-state index contributed by atoms with van der Waals surface area (Å²) < 4.78 is 11.7. The first-order valence-corrected chi connectivity index (χ1v) is 13.2. The van der Waals surface area contributed by atoms with Crippen LogP contribution in [-0.4, -0.2) is 54.2 Å². The minimum Gasteiger partial charge on any atom is -0.462 e. The number of benzene rings is 2. The molecule has 0 bridgehead atoms. The molecule has 0 heterocycles. The second-order valence-electron chi connectivity index (χ2n) is 8.88. The molecule has 0 aliphatic heterocycles. The summed E-state index contributed by atoms with van der Waals surface area (Å²) in [5.74, 6) is 0.348. The highest BCUT2D eigenvalue weighted by Gasteiger charge is 2.41. The van der Waals surface area contributed by atoms with Crippen LogP contribution in [-0.2, 0) is 4.74 Å². The van der Waals surface area contributed by atoms with E-state index >= 15 is 0 Å². The first-order chi connectivity index (χ1) is 17.2. The minimum atomic E-state index is -1.54. The second kappa shape index (κ2) is 14.2. The quantitative estimate of drug-likeness (QED) is 0.159. The van der Waals surface area contributed by atoms with Crippen molar-refractivity contribution in [3.05, 3.63) is 47.5 Å². The Labute approximate surface area is 216 Å². The van der Waals surface area contributed by atoms with Crippen LogP contribution in [0.4, 0.5) is 11.4 Å². The molecule has 0 atom stereocenters. The summed E-state index contributed by atoms with van der Waals surface area (Å²) in [4.78, 5) is 13.5. The number of hydrogen-bond acceptors (Lipinski definition) is 7. The summed E-state index contributed by atoms with van der Waals surface area (Å²) in [5.41, 5.74) is 2.02. The third-order valence-corrected chi connectivity index (χ3v) is 6.15. The normalized spacial score (nSPS) is 11.6. The maximum absolute atomic E-state index is 12.9. The maximum atomic E-state index is 12.9. The summed E-state index contributed by atoms with van der Waals surface area (Å²) >= 11 is 0. The van der Waals surface area contributed by atoms with Crippen molar-refractivity contribution in [1.82, 2.24) is 9.93 Å². The van der Waals surface area contributed by atoms with Gasteiger partial charge in [0.05, 0.1) is 35.9 Å². The highest BCUT2D eigenvalue weighted by atomic mass is 16.9. The van der Waals surface area contributed by atoms with Crippen molar-refractivity contribution in [2.24, 2.45) is 0 Å². The number of nitrogens with zero attached hydrogens (tertiary/aromatic N) is 3. The summed E-state index contributed by atoms with van der Waals surface area (Å²) in [5, 5.41) is 24.3. The standard InChI is InChI=1S/C28H44N3O5/c1-7-12-18-29(19-13-8-2)25-20-23(28(32)35-11-5)21-26(31(33,34)30(9-3)10-4)27(25)36-24-16-14-22(6)15-17-24/h14-17,20-21,33-34H,7-13,18-19H2,1-6H3/q+1. The number of anilines is 1. The van der Waals surface area contributed by atoms with Gasteiger partial charge in [-0.1, -0.05) is 49.4 Å². The number of ether oxygens (including phenoxy) is 2. The van der Waals surface area contributed by atoms with Crippen LogP contribution in [0.15, 0.2) is 36.4 Å². The smallest absolute Gasteiger partial charge is 0.338 e. The van der Waals surface area contributed by atoms with Crippen LogP contribution in [0.25, 0.3) is 0 Å². The highest BCUT2D eigenvalue weighted by molar-refractivity contribution is 5.93. The van der Waals surface area contributed by atoms with Gasteiger partial charge >= 0.3 is 5.97 Å². The van der Waals surface area contributed by atoms with Gasteiger partial charge < -0.3 is 14.4 Å². The second-order valence-corrected chi connectivity index (χ2v) is 8.88. The van der Waals surface area contributed by atoms with Gasteiger partial charge in [-0.2, -0.15) is 10.4 Å². The topological polar surface area (TPSA) is 82.5 Å². The van der Waals surface area contributed by atoms with Crippen LogP contribution < -0.4 is 14.6 Å². The lowest BCUT2D eigenvalue weighted by atomic mass is 10.1. The van der Waals surface area contributed by atoms with Crippen molar-refractivity contribution in [2.45, 2.75) is 67.2 Å². The molecule has 36 heavy (non-hydrogen) atoms. The number of hydrogen-bond donors (Lipinski definition) is 2. The molecule has 2 aromatic rings. The Hall–Kier alpha value is -2.65. The molecule has 0 saturated heterocycles. The molecule has 0 aliphatic rings. The van der Waals surface area contributed by atoms with Gasteiger partial charge in [-0.25, -0.2) is 4.79 Å². The molecule has 8 heteroatoms. The zero-order valence-corrected chi connectivity index (χ0v) is 22.8. The van der Waals surface area contributed by atoms with E-state index in [1.165, 1.54) is 11.1 Å². The molecule has 0 radical (unpaired) electrons. The van der Waals surface area contributed by atoms with E-state index in [0.29, 0.717) is 30.3 Å². The van der Waals surface area contributed by atoms with Gasteiger partial charge in [0.25, 0.3) is 5.69 Å². The zero-order valence-electron chi connectivity index (χ0n) is 22.8. The fourth-order valence-corrected chi connectivity index (χ4v) is 4.04. The number of esters is 1. The molecule has 2 N–H and O–H groups in total. The van der Waals surface area contributed by atoms with Gasteiger partial charge in [0.15, 0.2) is 0 Å². The number of carbonyl (C=O) groups is 1. The largest absolute Gasteiger partial charge is 0.462 e. The van der Waals surface area contributed by atoms with Crippen LogP contribution in [0.5, 0.6) is 11.5 Å². The number of unbranched alkanes of at least 4 members (excludes halogenated alkanes) is 2. The molecule has 0 spiro atoms. The van der Waals surface area contributed by atoms with E-state index in [1.807, 2.05) is 45.0 Å². The van der Waals surface area contributed by atoms with Crippen molar-refractivity contribution >= 4 is 17.3 Å². The monoisotopic (exact) mass is 502 g/mol. The van der Waals surface area contributed by atoms with E-state index in [9.17, 15) is 15.2 Å². The third kappa shape index (κ3) is 7.43. The van der Waals surface area contributed by atoms with Gasteiger partial charge in [0.2, 0.25) is 5.75 Å². The molecule has 0 fully saturated rings. The lowest BCUT2D eigenvalue weighted by Gasteiger charge is -2.33. The predicted molar refractivity (Wildman–Crippen MR) is 144 cm³/mol. The van der Waals surface area contributed by atoms with Crippen molar-refractivity contribution in [3.8, 4) is 11.5 Å². The molecule has 0 unspecified atom stereocenters. The SMILES string of the molecule is CCCCN(CCCC)c1cc(C(=O)OCC)cc([N+](O)(O)N(CC)CC)c1Oc1ccc(C)cc1. The molecule has 0 amide bonds. The molecule has 8 nitrogen and oxygen atoms in total. The highest BCUT2D eigenvalue weighted by Crippen LogP contribution is 2.45. The van der Waals surface area contributed by atoms with E-state index in [4.69, 9.17) is 9.47 Å². The van der Waals surface area contributed by atoms with E-state index in [1.54, 1.807) is 13.0 Å². The predicted octanol–water partition coefficient (Wildman–Crippen LogP) is 6.71. The fraction of sp³-hybridized carbons (Fsp3) is 0.536. The van der Waals surface area contributed by atoms with Gasteiger partial charge in [-0.15, -0.1) is 0 Å². The Morgan fingerprint density at radius 2 is 1.50 bits per heavy atom. The Bertz CT molecular complexity index is 950. The first kappa shape index (κ1) is 29.6. The average Bonchev–Trinajstić information content (AvgIpc) is 2.86. The number of quaternary nitrogens is 1. The molecule has 0 aliphatic carbocycles. The first-order valence-electron chi connectivity index (χ1n) is 13.2. The molecule has 0 aromatic heterocycles. The summed E-state index contributed by atoms with van der Waals surface area (Å²) in [6.45, 7) is 14.1. The maximum Gasteiger partial charge on any atom is 0.338 e. The van der Waals surface area contributed by atoms with E-state index < -0.39 is 10.9 Å². The molecule has 2 aromatic carbocycles. The van der Waals surface area contributed by atoms with Crippen LogP contribution in [0.2, 0.25) is 0 Å². The van der Waals surface area contributed by atoms with Crippen molar-refractivity contribution in [2.75, 3.05) is 37.7 Å². The van der Waals surface area contributed by atoms with Crippen LogP contribution in [0.1, 0.15) is 76.2 Å². The number of rotatable bonds is 15. The summed E-state index contributed by atoms with van der Waals surface area (Å²) in [6, 6.07) is 10.8. The molecule has 2 rings (SSSR count). The molecule has 0 saturated carbocycles. The van der Waals surface area contributed by atoms with Crippen LogP contribution in [0, 0.1) is 6.92 Å². The lowest BCUT2D eigenvalue weighted by molar-refractivity contribution is -0.399. The number of aryl methyl sites for hydroxylation is 1. The summed E-state index contributed by atoms with van der Waals surface area (Å²) in [7, 11) is 0. The van der Waals surface area contributed by atoms with Gasteiger partial charge in [0, 0.05) is 19.2 Å². The van der Waals surface area contributed by atoms with E-state index in [-0.39, 0.29) is 17.9 Å². The Balaban J connectivity index is 2.84. The third-order valence-electron chi connectivity index (χ3n) is 6.15. The van der Waals surface area contributed by atoms with Crippen LogP contribution >= 0.6 is 0 Å². The van der Waals surface area contributed by atoms with Crippen molar-refractivity contribution < 1.29 is 24.7 Å². The van der Waals surface area contributed by atoms with E-state index in [2.05, 4.69) is 18.7 Å². The minimum absolute atomic E-state index is 0.0535. The lowest BCUT2D eigenvalue weighted by Crippen LogP contribution is -2.57. The van der Waals surface area contributed by atoms with E-state index in [0.717, 1.165) is 44.3 Å². The Morgan fingerprint density at radius 1 is 0.917 bits per heavy atom. The average molecular weight is 503 g/mol. The Morgan fingerprint density at radius 3 is 2.00 bits per heavy atom. The van der Waals surface area contributed by atoms with Crippen molar-refractivity contribution in [3.63, 3.8) is 0 Å². The van der Waals surface area contributed by atoms with Crippen LogP contribution in [0.3, 0.4) is 0 Å². The fourth-order valence-electron chi connectivity index (χ4n) is 4.04. The summed E-state index contributed by atoms with van der Waals surface area (Å²) in [6.07, 6.45) is 3.89. The van der Waals surface area contributed by atoms with Gasteiger partial charge in [0.1, 0.15) is 5.75 Å². The number of carbonyl (C=O) groups excluding carboxylic acids is 1. The van der Waals surface area contributed by atoms with Gasteiger partial charge in [-0.3, -0.25) is 0 Å². The molecular weight excluding hydrogens is 458 g/mol. The van der Waals surface area contributed by atoms with Crippen molar-refractivity contribution in [1.29, 1.82) is 0 Å². The molecular formula is C28H44N3O5+. The Kier molecular flexibility index (Phi) is 11.7.